The van der Waals surface area contributed by atoms with E-state index in [1.807, 2.05) is 6.92 Å². The number of aromatic nitrogens is 2. The number of ether oxygens (including phenoxy) is 1. The third-order valence-corrected chi connectivity index (χ3v) is 1.96. The summed E-state index contributed by atoms with van der Waals surface area (Å²) < 4.78 is 4.86. The first-order chi connectivity index (χ1) is 5.74. The Bertz CT molecular complexity index is 272. The van der Waals surface area contributed by atoms with E-state index in [9.17, 15) is 4.79 Å². The first-order valence-electron chi connectivity index (χ1n) is 3.71. The van der Waals surface area contributed by atoms with Crippen molar-refractivity contribution in [2.24, 2.45) is 0 Å². The lowest BCUT2D eigenvalue weighted by Crippen LogP contribution is -2.05. The molecule has 66 valence electrons. The summed E-state index contributed by atoms with van der Waals surface area (Å²) >= 11 is 1.25. The van der Waals surface area contributed by atoms with E-state index in [2.05, 4.69) is 10.2 Å². The first kappa shape index (κ1) is 9.12. The number of hydrogen-bond acceptors (Lipinski definition) is 5. The molecule has 0 radical (unpaired) electrons. The third-order valence-electron chi connectivity index (χ3n) is 1.14. The van der Waals surface area contributed by atoms with Crippen molar-refractivity contribution in [1.29, 1.82) is 0 Å². The van der Waals surface area contributed by atoms with Crippen molar-refractivity contribution in [3.8, 4) is 0 Å². The van der Waals surface area contributed by atoms with Crippen molar-refractivity contribution in [2.45, 2.75) is 20.3 Å². The Morgan fingerprint density at radius 3 is 2.83 bits per heavy atom. The van der Waals surface area contributed by atoms with Crippen LogP contribution in [0.25, 0.3) is 0 Å². The molecule has 12 heavy (non-hydrogen) atoms. The van der Waals surface area contributed by atoms with Crippen LogP contribution in [-0.2, 0) is 4.74 Å². The van der Waals surface area contributed by atoms with E-state index in [-0.39, 0.29) is 5.97 Å². The van der Waals surface area contributed by atoms with Gasteiger partial charge in [0.25, 0.3) is 0 Å². The SMILES string of the molecule is CCCOC(=O)c1nnc(C)s1. The zero-order valence-electron chi connectivity index (χ0n) is 7.03. The van der Waals surface area contributed by atoms with Gasteiger partial charge in [0.2, 0.25) is 5.01 Å². The van der Waals surface area contributed by atoms with Gasteiger partial charge in [-0.05, 0) is 13.3 Å². The van der Waals surface area contributed by atoms with E-state index in [1.54, 1.807) is 6.92 Å². The van der Waals surface area contributed by atoms with Crippen molar-refractivity contribution < 1.29 is 9.53 Å². The maximum atomic E-state index is 11.1. The van der Waals surface area contributed by atoms with E-state index < -0.39 is 0 Å². The lowest BCUT2D eigenvalue weighted by Gasteiger charge is -1.96. The molecule has 0 aromatic carbocycles. The first-order valence-corrected chi connectivity index (χ1v) is 4.53. The van der Waals surface area contributed by atoms with Crippen LogP contribution in [-0.4, -0.2) is 22.8 Å². The van der Waals surface area contributed by atoms with Crippen LogP contribution in [0, 0.1) is 6.92 Å². The van der Waals surface area contributed by atoms with Gasteiger partial charge in [-0.3, -0.25) is 0 Å². The number of carbonyl (C=O) groups is 1. The minimum absolute atomic E-state index is 0.334. The Labute approximate surface area is 74.6 Å². The van der Waals surface area contributed by atoms with Crippen LogP contribution in [0.2, 0.25) is 0 Å². The van der Waals surface area contributed by atoms with Gasteiger partial charge in [-0.15, -0.1) is 10.2 Å². The molecule has 0 aliphatic carbocycles. The molecule has 0 unspecified atom stereocenters. The molecule has 0 aliphatic heterocycles. The van der Waals surface area contributed by atoms with Crippen LogP contribution in [0.5, 0.6) is 0 Å². The highest BCUT2D eigenvalue weighted by Crippen LogP contribution is 2.08. The molecule has 1 aromatic rings. The number of rotatable bonds is 3. The van der Waals surface area contributed by atoms with Gasteiger partial charge >= 0.3 is 5.97 Å². The molecule has 0 aliphatic rings. The fourth-order valence-corrected chi connectivity index (χ4v) is 1.22. The molecule has 0 saturated carbocycles. The summed E-state index contributed by atoms with van der Waals surface area (Å²) in [5.74, 6) is -0.373. The fourth-order valence-electron chi connectivity index (χ4n) is 0.636. The van der Waals surface area contributed by atoms with Crippen molar-refractivity contribution in [3.05, 3.63) is 10.0 Å². The number of nitrogens with zero attached hydrogens (tertiary/aromatic N) is 2. The van der Waals surface area contributed by atoms with Gasteiger partial charge in [-0.25, -0.2) is 4.79 Å². The third kappa shape index (κ3) is 2.27. The van der Waals surface area contributed by atoms with Crippen LogP contribution in [0.4, 0.5) is 0 Å². The van der Waals surface area contributed by atoms with Gasteiger partial charge in [-0.1, -0.05) is 18.3 Å². The average molecular weight is 186 g/mol. The maximum Gasteiger partial charge on any atom is 0.369 e. The van der Waals surface area contributed by atoms with Crippen LogP contribution < -0.4 is 0 Å². The molecule has 1 heterocycles. The second-order valence-electron chi connectivity index (χ2n) is 2.26. The molecule has 4 nitrogen and oxygen atoms in total. The van der Waals surface area contributed by atoms with Gasteiger partial charge in [0.05, 0.1) is 6.61 Å². The minimum Gasteiger partial charge on any atom is -0.460 e. The normalized spacial score (nSPS) is 9.83. The second-order valence-corrected chi connectivity index (χ2v) is 3.44. The number of carbonyl (C=O) groups excluding carboxylic acids is 1. The van der Waals surface area contributed by atoms with Crippen LogP contribution in [0.15, 0.2) is 0 Å². The summed E-state index contributed by atoms with van der Waals surface area (Å²) in [7, 11) is 0. The number of hydrogen-bond donors (Lipinski definition) is 0. The molecule has 0 fully saturated rings. The molecule has 0 bridgehead atoms. The van der Waals surface area contributed by atoms with Crippen molar-refractivity contribution >= 4 is 17.3 Å². The topological polar surface area (TPSA) is 52.1 Å². The van der Waals surface area contributed by atoms with Crippen LogP contribution in [0.1, 0.15) is 28.2 Å². The van der Waals surface area contributed by atoms with E-state index in [1.165, 1.54) is 11.3 Å². The van der Waals surface area contributed by atoms with Gasteiger partial charge in [0, 0.05) is 0 Å². The summed E-state index contributed by atoms with van der Waals surface area (Å²) in [5, 5.41) is 8.49. The minimum atomic E-state index is -0.373. The van der Waals surface area contributed by atoms with Crippen molar-refractivity contribution in [3.63, 3.8) is 0 Å². The highest BCUT2D eigenvalue weighted by Gasteiger charge is 2.11. The average Bonchev–Trinajstić information content (AvgIpc) is 2.47. The molecular formula is C7H10N2O2S. The Balaban J connectivity index is 2.53. The maximum absolute atomic E-state index is 11.1. The smallest absolute Gasteiger partial charge is 0.369 e. The Kier molecular flexibility index (Phi) is 3.16. The molecule has 0 N–H and O–H groups in total. The van der Waals surface area contributed by atoms with E-state index >= 15 is 0 Å². The molecular weight excluding hydrogens is 176 g/mol. The predicted octanol–water partition coefficient (Wildman–Crippen LogP) is 1.41. The summed E-state index contributed by atoms with van der Waals surface area (Å²) in [6.07, 6.45) is 0.823. The highest BCUT2D eigenvalue weighted by molar-refractivity contribution is 7.13. The molecule has 0 spiro atoms. The molecule has 0 saturated heterocycles. The Morgan fingerprint density at radius 1 is 1.58 bits per heavy atom. The van der Waals surface area contributed by atoms with Crippen molar-refractivity contribution in [2.75, 3.05) is 6.61 Å². The molecule has 1 rings (SSSR count). The largest absolute Gasteiger partial charge is 0.460 e. The summed E-state index contributed by atoms with van der Waals surface area (Å²) in [5.41, 5.74) is 0. The standard InChI is InChI=1S/C7H10N2O2S/c1-3-4-11-7(10)6-9-8-5(2)12-6/h3-4H2,1-2H3. The molecule has 1 aromatic heterocycles. The van der Waals surface area contributed by atoms with Gasteiger partial charge in [0.15, 0.2) is 0 Å². The number of aryl methyl sites for hydroxylation is 1. The monoisotopic (exact) mass is 186 g/mol. The van der Waals surface area contributed by atoms with Gasteiger partial charge in [-0.2, -0.15) is 0 Å². The molecule has 0 amide bonds. The second kappa shape index (κ2) is 4.15. The lowest BCUT2D eigenvalue weighted by atomic mass is 10.5. The summed E-state index contributed by atoms with van der Waals surface area (Å²) in [6.45, 7) is 4.18. The van der Waals surface area contributed by atoms with Crippen LogP contribution in [0.3, 0.4) is 0 Å². The highest BCUT2D eigenvalue weighted by atomic mass is 32.1. The zero-order chi connectivity index (χ0) is 8.97. The van der Waals surface area contributed by atoms with E-state index in [4.69, 9.17) is 4.74 Å². The quantitative estimate of drug-likeness (QED) is 0.670. The lowest BCUT2D eigenvalue weighted by molar-refractivity contribution is 0.0503. The Hall–Kier alpha value is -0.970. The van der Waals surface area contributed by atoms with Crippen molar-refractivity contribution in [1.82, 2.24) is 10.2 Å². The van der Waals surface area contributed by atoms with E-state index in [0.717, 1.165) is 11.4 Å². The number of esters is 1. The molecule has 5 heteroatoms. The summed E-state index contributed by atoms with van der Waals surface area (Å²) in [4.78, 5) is 11.1. The Morgan fingerprint density at radius 2 is 2.33 bits per heavy atom. The summed E-state index contributed by atoms with van der Waals surface area (Å²) in [6, 6.07) is 0. The zero-order valence-corrected chi connectivity index (χ0v) is 7.85. The van der Waals surface area contributed by atoms with Gasteiger partial charge in [0.1, 0.15) is 5.01 Å². The van der Waals surface area contributed by atoms with Gasteiger partial charge < -0.3 is 4.74 Å². The van der Waals surface area contributed by atoms with E-state index in [0.29, 0.717) is 11.6 Å². The predicted molar refractivity (Wildman–Crippen MR) is 45.2 cm³/mol. The fraction of sp³-hybridized carbons (Fsp3) is 0.571. The van der Waals surface area contributed by atoms with Crippen LogP contribution >= 0.6 is 11.3 Å². The molecule has 0 atom stereocenters.